The van der Waals surface area contributed by atoms with Crippen LogP contribution >= 0.6 is 0 Å². The summed E-state index contributed by atoms with van der Waals surface area (Å²) in [5, 5.41) is 5.84. The molecule has 2 rings (SSSR count). The quantitative estimate of drug-likeness (QED) is 0.856. The van der Waals surface area contributed by atoms with E-state index in [-0.39, 0.29) is 11.7 Å². The fourth-order valence-corrected chi connectivity index (χ4v) is 1.71. The summed E-state index contributed by atoms with van der Waals surface area (Å²) in [6, 6.07) is 7.58. The van der Waals surface area contributed by atoms with Crippen LogP contribution in [0.25, 0.3) is 0 Å². The Hall–Kier alpha value is -2.50. The zero-order valence-electron chi connectivity index (χ0n) is 11.8. The highest BCUT2D eigenvalue weighted by molar-refractivity contribution is 5.92. The minimum absolute atomic E-state index is 0.290. The highest BCUT2D eigenvalue weighted by atomic mass is 19.1. The Bertz CT molecular complexity index is 601. The summed E-state index contributed by atoms with van der Waals surface area (Å²) in [5.74, 6) is 0.0348. The first-order valence-corrected chi connectivity index (χ1v) is 6.77. The highest BCUT2D eigenvalue weighted by Crippen LogP contribution is 2.05. The Kier molecular flexibility index (Phi) is 5.20. The fourth-order valence-electron chi connectivity index (χ4n) is 1.71. The van der Waals surface area contributed by atoms with Gasteiger partial charge in [0.15, 0.2) is 0 Å². The smallest absolute Gasteiger partial charge is 0.270 e. The normalized spacial score (nSPS) is 10.2. The summed E-state index contributed by atoms with van der Waals surface area (Å²) in [4.78, 5) is 20.0. The maximum Gasteiger partial charge on any atom is 0.270 e. The van der Waals surface area contributed by atoms with Gasteiger partial charge in [0.2, 0.25) is 0 Å². The van der Waals surface area contributed by atoms with Crippen LogP contribution in [0.4, 0.5) is 10.2 Å². The Morgan fingerprint density at radius 2 is 2.00 bits per heavy atom. The molecule has 0 saturated heterocycles. The number of hydrogen-bond donors (Lipinski definition) is 2. The van der Waals surface area contributed by atoms with E-state index in [9.17, 15) is 9.18 Å². The van der Waals surface area contributed by atoms with E-state index in [0.29, 0.717) is 18.1 Å². The van der Waals surface area contributed by atoms with Crippen LogP contribution in [0, 0.1) is 5.82 Å². The average molecular weight is 288 g/mol. The van der Waals surface area contributed by atoms with Crippen molar-refractivity contribution < 1.29 is 9.18 Å². The molecule has 21 heavy (non-hydrogen) atoms. The molecule has 0 saturated carbocycles. The number of benzene rings is 1. The first kappa shape index (κ1) is 14.9. The van der Waals surface area contributed by atoms with Gasteiger partial charge in [-0.2, -0.15) is 0 Å². The molecule has 0 spiro atoms. The van der Waals surface area contributed by atoms with Crippen molar-refractivity contribution in [3.05, 3.63) is 53.7 Å². The Morgan fingerprint density at radius 1 is 1.24 bits per heavy atom. The number of carbonyl (C=O) groups excluding carboxylic acids is 1. The number of amides is 1. The minimum Gasteiger partial charge on any atom is -0.370 e. The van der Waals surface area contributed by atoms with Gasteiger partial charge in [-0.1, -0.05) is 19.1 Å². The van der Waals surface area contributed by atoms with Crippen LogP contribution in [0.1, 0.15) is 29.4 Å². The second kappa shape index (κ2) is 7.33. The van der Waals surface area contributed by atoms with Gasteiger partial charge < -0.3 is 10.6 Å². The van der Waals surface area contributed by atoms with Crippen molar-refractivity contribution in [2.75, 3.05) is 11.9 Å². The topological polar surface area (TPSA) is 66.9 Å². The van der Waals surface area contributed by atoms with Crippen LogP contribution in [0.5, 0.6) is 0 Å². The molecule has 6 heteroatoms. The fraction of sp³-hybridized carbons (Fsp3) is 0.267. The van der Waals surface area contributed by atoms with E-state index < -0.39 is 0 Å². The maximum atomic E-state index is 12.8. The van der Waals surface area contributed by atoms with Crippen LogP contribution in [-0.4, -0.2) is 22.4 Å². The maximum absolute atomic E-state index is 12.8. The third-order valence-electron chi connectivity index (χ3n) is 2.82. The SMILES string of the molecule is CCCNc1cc(C(=O)NCc2ccc(F)cc2)ncn1. The molecule has 110 valence electrons. The van der Waals surface area contributed by atoms with E-state index in [2.05, 4.69) is 20.6 Å². The monoisotopic (exact) mass is 288 g/mol. The molecule has 0 atom stereocenters. The summed E-state index contributed by atoms with van der Waals surface area (Å²) < 4.78 is 12.8. The second-order valence-corrected chi connectivity index (χ2v) is 4.52. The molecule has 0 aliphatic carbocycles. The van der Waals surface area contributed by atoms with Gasteiger partial charge in [-0.05, 0) is 24.1 Å². The third-order valence-corrected chi connectivity index (χ3v) is 2.82. The van der Waals surface area contributed by atoms with Crippen LogP contribution in [0.3, 0.4) is 0 Å². The number of halogens is 1. The predicted octanol–water partition coefficient (Wildman–Crippen LogP) is 2.37. The lowest BCUT2D eigenvalue weighted by Crippen LogP contribution is -2.24. The van der Waals surface area contributed by atoms with E-state index >= 15 is 0 Å². The Balaban J connectivity index is 1.95. The van der Waals surface area contributed by atoms with Crippen molar-refractivity contribution in [2.45, 2.75) is 19.9 Å². The van der Waals surface area contributed by atoms with Crippen LogP contribution in [0.2, 0.25) is 0 Å². The van der Waals surface area contributed by atoms with E-state index in [1.165, 1.54) is 18.5 Å². The average Bonchev–Trinajstić information content (AvgIpc) is 2.52. The van der Waals surface area contributed by atoms with Gasteiger partial charge in [0.05, 0.1) is 0 Å². The molecule has 1 amide bonds. The van der Waals surface area contributed by atoms with Crippen LogP contribution in [-0.2, 0) is 6.54 Å². The zero-order valence-corrected chi connectivity index (χ0v) is 11.8. The number of aromatic nitrogens is 2. The minimum atomic E-state index is -0.299. The number of nitrogens with one attached hydrogen (secondary N) is 2. The summed E-state index contributed by atoms with van der Waals surface area (Å²) in [6.07, 6.45) is 2.32. The molecule has 2 aromatic rings. The molecule has 1 aromatic carbocycles. The van der Waals surface area contributed by atoms with Crippen LogP contribution < -0.4 is 10.6 Å². The lowest BCUT2D eigenvalue weighted by Gasteiger charge is -2.07. The number of hydrogen-bond acceptors (Lipinski definition) is 4. The van der Waals surface area contributed by atoms with Crippen molar-refractivity contribution in [3.63, 3.8) is 0 Å². The summed E-state index contributed by atoms with van der Waals surface area (Å²) >= 11 is 0. The van der Waals surface area contributed by atoms with Gasteiger partial charge in [0.1, 0.15) is 23.7 Å². The summed E-state index contributed by atoms with van der Waals surface area (Å²) in [7, 11) is 0. The standard InChI is InChI=1S/C15H17FN4O/c1-2-7-17-14-8-13(19-10-20-14)15(21)18-9-11-3-5-12(16)6-4-11/h3-6,8,10H,2,7,9H2,1H3,(H,18,21)(H,17,19,20). The summed E-state index contributed by atoms with van der Waals surface area (Å²) in [5.41, 5.74) is 1.12. The Labute approximate surface area is 122 Å². The molecule has 1 aromatic heterocycles. The molecule has 0 aliphatic rings. The molecule has 0 aliphatic heterocycles. The van der Waals surface area contributed by atoms with Gasteiger partial charge in [-0.15, -0.1) is 0 Å². The molecule has 2 N–H and O–H groups in total. The van der Waals surface area contributed by atoms with Crippen molar-refractivity contribution in [3.8, 4) is 0 Å². The first-order chi connectivity index (χ1) is 10.2. The number of rotatable bonds is 6. The number of carbonyl (C=O) groups is 1. The highest BCUT2D eigenvalue weighted by Gasteiger charge is 2.08. The second-order valence-electron chi connectivity index (χ2n) is 4.52. The van der Waals surface area contributed by atoms with E-state index in [1.807, 2.05) is 6.92 Å². The molecule has 5 nitrogen and oxygen atoms in total. The molecular formula is C15H17FN4O. The largest absolute Gasteiger partial charge is 0.370 e. The zero-order chi connectivity index (χ0) is 15.1. The number of nitrogens with zero attached hydrogens (tertiary/aromatic N) is 2. The molecular weight excluding hydrogens is 271 g/mol. The number of anilines is 1. The van der Waals surface area contributed by atoms with E-state index in [0.717, 1.165) is 18.5 Å². The molecule has 0 fully saturated rings. The van der Waals surface area contributed by atoms with Crippen molar-refractivity contribution >= 4 is 11.7 Å². The lowest BCUT2D eigenvalue weighted by atomic mass is 10.2. The van der Waals surface area contributed by atoms with Gasteiger partial charge in [0, 0.05) is 19.2 Å². The lowest BCUT2D eigenvalue weighted by molar-refractivity contribution is 0.0946. The van der Waals surface area contributed by atoms with Crippen molar-refractivity contribution in [1.29, 1.82) is 0 Å². The first-order valence-electron chi connectivity index (χ1n) is 6.77. The van der Waals surface area contributed by atoms with E-state index in [4.69, 9.17) is 0 Å². The Morgan fingerprint density at radius 3 is 2.71 bits per heavy atom. The van der Waals surface area contributed by atoms with Gasteiger partial charge >= 0.3 is 0 Å². The predicted molar refractivity (Wildman–Crippen MR) is 78.4 cm³/mol. The van der Waals surface area contributed by atoms with Gasteiger partial charge in [0.25, 0.3) is 5.91 Å². The van der Waals surface area contributed by atoms with Gasteiger partial charge in [-0.3, -0.25) is 4.79 Å². The molecule has 1 heterocycles. The van der Waals surface area contributed by atoms with Crippen LogP contribution in [0.15, 0.2) is 36.7 Å². The molecule has 0 radical (unpaired) electrons. The van der Waals surface area contributed by atoms with Gasteiger partial charge in [-0.25, -0.2) is 14.4 Å². The molecule has 0 bridgehead atoms. The third kappa shape index (κ3) is 4.52. The van der Waals surface area contributed by atoms with Crippen molar-refractivity contribution in [1.82, 2.24) is 15.3 Å². The van der Waals surface area contributed by atoms with E-state index in [1.54, 1.807) is 18.2 Å². The van der Waals surface area contributed by atoms with Crippen molar-refractivity contribution in [2.24, 2.45) is 0 Å². The summed E-state index contributed by atoms with van der Waals surface area (Å²) in [6.45, 7) is 3.15. The molecule has 0 unspecified atom stereocenters.